The molecule has 0 saturated carbocycles. The van der Waals surface area contributed by atoms with Crippen molar-refractivity contribution in [2.24, 2.45) is 0 Å². The number of hydrogen-bond acceptors (Lipinski definition) is 6. The van der Waals surface area contributed by atoms with Crippen LogP contribution in [0.3, 0.4) is 0 Å². The summed E-state index contributed by atoms with van der Waals surface area (Å²) in [6.45, 7) is 1.76. The molecule has 1 amide bonds. The molecule has 150 valence electrons. The van der Waals surface area contributed by atoms with Crippen LogP contribution in [-0.2, 0) is 11.2 Å². The van der Waals surface area contributed by atoms with Crippen LogP contribution in [0.2, 0.25) is 0 Å². The molecule has 9 heteroatoms. The van der Waals surface area contributed by atoms with E-state index in [0.717, 1.165) is 11.3 Å². The van der Waals surface area contributed by atoms with E-state index in [4.69, 9.17) is 0 Å². The van der Waals surface area contributed by atoms with Crippen molar-refractivity contribution < 1.29 is 4.79 Å². The number of rotatable bonds is 6. The number of para-hydroxylation sites is 1. The lowest BCUT2D eigenvalue weighted by Gasteiger charge is -2.07. The number of carbonyl (C=O) groups is 1. The van der Waals surface area contributed by atoms with Crippen LogP contribution in [0.1, 0.15) is 17.7 Å². The van der Waals surface area contributed by atoms with E-state index in [-0.39, 0.29) is 24.3 Å². The Morgan fingerprint density at radius 3 is 2.63 bits per heavy atom. The first-order valence-electron chi connectivity index (χ1n) is 9.38. The van der Waals surface area contributed by atoms with Crippen molar-refractivity contribution in [1.29, 1.82) is 0 Å². The summed E-state index contributed by atoms with van der Waals surface area (Å²) in [4.78, 5) is 36.0. The molecule has 0 aliphatic heterocycles. The Kier molecular flexibility index (Phi) is 5.42. The lowest BCUT2D eigenvalue weighted by Crippen LogP contribution is -2.20. The summed E-state index contributed by atoms with van der Waals surface area (Å²) < 4.78 is 1.58. The topological polar surface area (TPSA) is 118 Å². The maximum atomic E-state index is 12.5. The number of anilines is 1. The van der Waals surface area contributed by atoms with Crippen molar-refractivity contribution in [3.05, 3.63) is 82.7 Å². The zero-order valence-electron chi connectivity index (χ0n) is 16.2. The van der Waals surface area contributed by atoms with Crippen LogP contribution in [0, 0.1) is 6.92 Å². The molecule has 1 aromatic carbocycles. The number of pyridine rings is 1. The predicted molar refractivity (Wildman–Crippen MR) is 111 cm³/mol. The van der Waals surface area contributed by atoms with Gasteiger partial charge in [0.1, 0.15) is 5.82 Å². The molecule has 2 N–H and O–H groups in total. The zero-order chi connectivity index (χ0) is 20.9. The third kappa shape index (κ3) is 4.30. The van der Waals surface area contributed by atoms with Crippen LogP contribution < -0.4 is 10.9 Å². The van der Waals surface area contributed by atoms with Crippen LogP contribution in [0.5, 0.6) is 0 Å². The van der Waals surface area contributed by atoms with Gasteiger partial charge in [-0.05, 0) is 37.6 Å². The van der Waals surface area contributed by atoms with Gasteiger partial charge in [0.15, 0.2) is 5.82 Å². The third-order valence-corrected chi connectivity index (χ3v) is 4.56. The van der Waals surface area contributed by atoms with Crippen LogP contribution in [0.15, 0.2) is 65.8 Å². The first-order chi connectivity index (χ1) is 14.6. The summed E-state index contributed by atoms with van der Waals surface area (Å²) >= 11 is 0. The zero-order valence-corrected chi connectivity index (χ0v) is 16.2. The quantitative estimate of drug-likeness (QED) is 0.512. The van der Waals surface area contributed by atoms with E-state index in [1.807, 2.05) is 30.3 Å². The number of aromatic nitrogens is 6. The van der Waals surface area contributed by atoms with Gasteiger partial charge < -0.3 is 10.3 Å². The number of aromatic amines is 1. The van der Waals surface area contributed by atoms with Gasteiger partial charge in [0.05, 0.1) is 11.9 Å². The molecule has 0 fully saturated rings. The highest BCUT2D eigenvalue weighted by Gasteiger charge is 2.13. The average molecular weight is 401 g/mol. The largest absolute Gasteiger partial charge is 0.308 e. The Bertz CT molecular complexity index is 1220. The molecule has 0 unspecified atom stereocenters. The van der Waals surface area contributed by atoms with Crippen molar-refractivity contribution in [3.63, 3.8) is 0 Å². The lowest BCUT2D eigenvalue weighted by molar-refractivity contribution is -0.116. The highest BCUT2D eigenvalue weighted by molar-refractivity contribution is 5.89. The molecule has 0 aliphatic rings. The van der Waals surface area contributed by atoms with Gasteiger partial charge in [-0.2, -0.15) is 0 Å². The second-order valence-electron chi connectivity index (χ2n) is 6.65. The van der Waals surface area contributed by atoms with Crippen molar-refractivity contribution in [1.82, 2.24) is 29.9 Å². The molecule has 4 rings (SSSR count). The summed E-state index contributed by atoms with van der Waals surface area (Å²) in [5.41, 5.74) is 2.44. The van der Waals surface area contributed by atoms with Crippen LogP contribution in [0.4, 0.5) is 5.82 Å². The fourth-order valence-corrected chi connectivity index (χ4v) is 3.02. The summed E-state index contributed by atoms with van der Waals surface area (Å²) in [5, 5.41) is 10.7. The van der Waals surface area contributed by atoms with E-state index in [1.54, 1.807) is 42.3 Å². The number of amides is 1. The Morgan fingerprint density at radius 1 is 1.13 bits per heavy atom. The molecule has 3 heterocycles. The predicted octanol–water partition coefficient (Wildman–Crippen LogP) is 2.29. The Morgan fingerprint density at radius 2 is 1.90 bits per heavy atom. The van der Waals surface area contributed by atoms with Crippen LogP contribution in [-0.4, -0.2) is 35.9 Å². The van der Waals surface area contributed by atoms with Gasteiger partial charge in [0.2, 0.25) is 5.91 Å². The number of hydrogen-bond donors (Lipinski definition) is 2. The van der Waals surface area contributed by atoms with E-state index in [0.29, 0.717) is 22.9 Å². The Balaban J connectivity index is 1.41. The molecule has 4 aromatic rings. The van der Waals surface area contributed by atoms with E-state index in [1.165, 1.54) is 0 Å². The molecule has 0 bridgehead atoms. The number of benzene rings is 1. The number of nitrogens with one attached hydrogen (secondary N) is 2. The van der Waals surface area contributed by atoms with Gasteiger partial charge in [-0.25, -0.2) is 9.67 Å². The molecule has 0 spiro atoms. The molecule has 0 saturated heterocycles. The van der Waals surface area contributed by atoms with Crippen molar-refractivity contribution in [3.8, 4) is 17.1 Å². The van der Waals surface area contributed by atoms with Crippen molar-refractivity contribution >= 4 is 11.7 Å². The maximum Gasteiger partial charge on any atom is 0.254 e. The van der Waals surface area contributed by atoms with Gasteiger partial charge in [-0.15, -0.1) is 5.10 Å². The smallest absolute Gasteiger partial charge is 0.254 e. The highest BCUT2D eigenvalue weighted by atomic mass is 16.1. The third-order valence-electron chi connectivity index (χ3n) is 4.56. The maximum absolute atomic E-state index is 12.5. The second-order valence-corrected chi connectivity index (χ2v) is 6.65. The molecule has 3 aromatic heterocycles. The molecular weight excluding hydrogens is 382 g/mol. The van der Waals surface area contributed by atoms with Crippen LogP contribution >= 0.6 is 0 Å². The van der Waals surface area contributed by atoms with Gasteiger partial charge in [-0.1, -0.05) is 23.4 Å². The normalized spacial score (nSPS) is 10.7. The van der Waals surface area contributed by atoms with E-state index in [9.17, 15) is 9.59 Å². The number of nitrogens with zero attached hydrogens (tertiary/aromatic N) is 5. The number of aryl methyl sites for hydroxylation is 1. The molecule has 30 heavy (non-hydrogen) atoms. The molecule has 0 aliphatic carbocycles. The monoisotopic (exact) mass is 401 g/mol. The summed E-state index contributed by atoms with van der Waals surface area (Å²) in [6.07, 6.45) is 5.30. The van der Waals surface area contributed by atoms with E-state index < -0.39 is 0 Å². The molecule has 0 radical (unpaired) electrons. The SMILES string of the molecule is Cc1nc(-c2ccncc2)[nH]c(=O)c1CCC(=O)Nc1cn(-c2ccccc2)nn1. The van der Waals surface area contributed by atoms with Gasteiger partial charge >= 0.3 is 0 Å². The standard InChI is InChI=1S/C21H19N7O2/c1-14-17(21(30)25-20(23-14)15-9-11-22-12-10-15)7-8-19(29)24-18-13-28(27-26-18)16-5-3-2-4-6-16/h2-6,9-13H,7-8H2,1H3,(H,24,29)(H,23,25,30). The summed E-state index contributed by atoms with van der Waals surface area (Å²) in [5.74, 6) is 0.568. The fraction of sp³-hybridized carbons (Fsp3) is 0.143. The minimum Gasteiger partial charge on any atom is -0.308 e. The Labute approximate surface area is 171 Å². The van der Waals surface area contributed by atoms with Crippen LogP contribution in [0.25, 0.3) is 17.1 Å². The van der Waals surface area contributed by atoms with Crippen molar-refractivity contribution in [2.45, 2.75) is 19.8 Å². The Hall–Kier alpha value is -4.14. The molecule has 0 atom stereocenters. The first kappa shape index (κ1) is 19.2. The second kappa shape index (κ2) is 8.48. The van der Waals surface area contributed by atoms with Gasteiger partial charge in [0, 0.05) is 35.6 Å². The highest BCUT2D eigenvalue weighted by Crippen LogP contribution is 2.14. The van der Waals surface area contributed by atoms with E-state index >= 15 is 0 Å². The molecule has 9 nitrogen and oxygen atoms in total. The summed E-state index contributed by atoms with van der Waals surface area (Å²) in [6, 6.07) is 13.0. The average Bonchev–Trinajstić information content (AvgIpc) is 3.22. The van der Waals surface area contributed by atoms with Gasteiger partial charge in [-0.3, -0.25) is 14.6 Å². The number of carbonyl (C=O) groups excluding carboxylic acids is 1. The van der Waals surface area contributed by atoms with E-state index in [2.05, 4.69) is 30.6 Å². The first-order valence-corrected chi connectivity index (χ1v) is 9.38. The van der Waals surface area contributed by atoms with Gasteiger partial charge in [0.25, 0.3) is 5.56 Å². The minimum absolute atomic E-state index is 0.123. The number of H-pyrrole nitrogens is 1. The van der Waals surface area contributed by atoms with Crippen molar-refractivity contribution in [2.75, 3.05) is 5.32 Å². The lowest BCUT2D eigenvalue weighted by atomic mass is 10.1. The minimum atomic E-state index is -0.257. The fourth-order valence-electron chi connectivity index (χ4n) is 3.02. The molecular formula is C21H19N7O2. The summed E-state index contributed by atoms with van der Waals surface area (Å²) in [7, 11) is 0.